The molecule has 7 nitrogen and oxygen atoms in total. The Bertz CT molecular complexity index is 1340. The number of carbonyl (C=O) groups is 1. The minimum atomic E-state index is -0.699. The Morgan fingerprint density at radius 3 is 2.27 bits per heavy atom. The summed E-state index contributed by atoms with van der Waals surface area (Å²) in [5.74, 6) is -0.224. The van der Waals surface area contributed by atoms with E-state index < -0.39 is 6.04 Å². The van der Waals surface area contributed by atoms with Crippen molar-refractivity contribution in [3.05, 3.63) is 87.5 Å². The molecular weight excluding hydrogens is 414 g/mol. The maximum Gasteiger partial charge on any atom is 0.278 e. The standard InChI is InChI=1S/C26H29N5O2/c1-5-19-12-14-20(15-13-19)16-27-25(32)22(6-2)31-26(33)23-18(4)30(21-10-8-7-9-11-21)29-24(23)17(3)28-31/h7-15,22H,5-6,16H2,1-4H3,(H,27,32)/t22-/m1/s1. The quantitative estimate of drug-likeness (QED) is 0.468. The van der Waals surface area contributed by atoms with Crippen LogP contribution in [0.15, 0.2) is 59.4 Å². The van der Waals surface area contributed by atoms with Gasteiger partial charge in [-0.05, 0) is 49.9 Å². The van der Waals surface area contributed by atoms with Gasteiger partial charge in [-0.25, -0.2) is 9.36 Å². The second-order valence-corrected chi connectivity index (χ2v) is 8.20. The largest absolute Gasteiger partial charge is 0.350 e. The van der Waals surface area contributed by atoms with Crippen LogP contribution in [0.25, 0.3) is 16.6 Å². The van der Waals surface area contributed by atoms with Crippen molar-refractivity contribution in [2.24, 2.45) is 0 Å². The van der Waals surface area contributed by atoms with E-state index in [4.69, 9.17) is 0 Å². The van der Waals surface area contributed by atoms with Crippen molar-refractivity contribution in [1.82, 2.24) is 24.9 Å². The zero-order valence-electron chi connectivity index (χ0n) is 19.5. The van der Waals surface area contributed by atoms with Gasteiger partial charge >= 0.3 is 0 Å². The summed E-state index contributed by atoms with van der Waals surface area (Å²) < 4.78 is 3.07. The Kier molecular flexibility index (Phi) is 6.40. The number of fused-ring (bicyclic) bond motifs is 1. The lowest BCUT2D eigenvalue weighted by molar-refractivity contribution is -0.125. The molecule has 1 N–H and O–H groups in total. The molecule has 0 aliphatic heterocycles. The van der Waals surface area contributed by atoms with Crippen molar-refractivity contribution >= 4 is 16.8 Å². The van der Waals surface area contributed by atoms with Crippen LogP contribution >= 0.6 is 0 Å². The molecule has 0 spiro atoms. The Hall–Kier alpha value is -3.74. The van der Waals surface area contributed by atoms with E-state index in [1.807, 2.05) is 63.2 Å². The molecule has 2 heterocycles. The molecule has 0 aliphatic carbocycles. The first-order valence-electron chi connectivity index (χ1n) is 11.3. The molecule has 1 amide bonds. The average molecular weight is 444 g/mol. The van der Waals surface area contributed by atoms with Crippen LogP contribution in [0.1, 0.15) is 48.8 Å². The lowest BCUT2D eigenvalue weighted by atomic mass is 10.1. The van der Waals surface area contributed by atoms with Gasteiger partial charge in [0.15, 0.2) is 0 Å². The van der Waals surface area contributed by atoms with Crippen molar-refractivity contribution < 1.29 is 4.79 Å². The Labute approximate surface area is 193 Å². The van der Waals surface area contributed by atoms with Gasteiger partial charge in [0.25, 0.3) is 5.56 Å². The van der Waals surface area contributed by atoms with Crippen LogP contribution in [0.2, 0.25) is 0 Å². The summed E-state index contributed by atoms with van der Waals surface area (Å²) in [5, 5.41) is 12.6. The predicted octanol–water partition coefficient (Wildman–Crippen LogP) is 4.03. The van der Waals surface area contributed by atoms with Crippen LogP contribution in [-0.4, -0.2) is 25.5 Å². The number of hydrogen-bond acceptors (Lipinski definition) is 4. The maximum absolute atomic E-state index is 13.5. The summed E-state index contributed by atoms with van der Waals surface area (Å²) in [5.41, 5.74) is 4.74. The van der Waals surface area contributed by atoms with Gasteiger partial charge in [-0.3, -0.25) is 9.59 Å². The highest BCUT2D eigenvalue weighted by Gasteiger charge is 2.25. The average Bonchev–Trinajstić information content (AvgIpc) is 3.20. The molecule has 2 aromatic carbocycles. The topological polar surface area (TPSA) is 81.8 Å². The number of aromatic nitrogens is 4. The lowest BCUT2D eigenvalue weighted by Gasteiger charge is -2.17. The number of nitrogens with zero attached hydrogens (tertiary/aromatic N) is 4. The molecule has 0 unspecified atom stereocenters. The number of hydrogen-bond donors (Lipinski definition) is 1. The van der Waals surface area contributed by atoms with E-state index in [0.717, 1.165) is 23.4 Å². The molecule has 4 aromatic rings. The van der Waals surface area contributed by atoms with Crippen LogP contribution in [0.4, 0.5) is 0 Å². The zero-order valence-corrected chi connectivity index (χ0v) is 19.5. The normalized spacial score (nSPS) is 12.1. The molecule has 0 saturated carbocycles. The second kappa shape index (κ2) is 9.40. The fourth-order valence-electron chi connectivity index (χ4n) is 4.08. The van der Waals surface area contributed by atoms with Gasteiger partial charge in [-0.2, -0.15) is 10.2 Å². The number of aryl methyl sites for hydroxylation is 3. The summed E-state index contributed by atoms with van der Waals surface area (Å²) in [7, 11) is 0. The van der Waals surface area contributed by atoms with Crippen molar-refractivity contribution in [2.75, 3.05) is 0 Å². The molecule has 0 fully saturated rings. The van der Waals surface area contributed by atoms with Gasteiger partial charge in [-0.15, -0.1) is 0 Å². The predicted molar refractivity (Wildman–Crippen MR) is 130 cm³/mol. The highest BCUT2D eigenvalue weighted by atomic mass is 16.2. The minimum Gasteiger partial charge on any atom is -0.350 e. The summed E-state index contributed by atoms with van der Waals surface area (Å²) in [6, 6.07) is 17.1. The maximum atomic E-state index is 13.5. The fraction of sp³-hybridized carbons (Fsp3) is 0.308. The molecule has 0 bridgehead atoms. The lowest BCUT2D eigenvalue weighted by Crippen LogP contribution is -2.38. The summed E-state index contributed by atoms with van der Waals surface area (Å²) in [6.45, 7) is 8.08. The zero-order chi connectivity index (χ0) is 23.5. The van der Waals surface area contributed by atoms with E-state index in [0.29, 0.717) is 29.6 Å². The summed E-state index contributed by atoms with van der Waals surface area (Å²) in [6.07, 6.45) is 1.42. The minimum absolute atomic E-state index is 0.224. The SMILES string of the molecule is CCc1ccc(CNC(=O)[C@@H](CC)n2nc(C)c3nn(-c4ccccc4)c(C)c3c2=O)cc1. The van der Waals surface area contributed by atoms with Gasteiger partial charge in [-0.1, -0.05) is 56.3 Å². The molecule has 1 atom stereocenters. The van der Waals surface area contributed by atoms with Crippen molar-refractivity contribution in [3.8, 4) is 5.69 Å². The summed E-state index contributed by atoms with van der Waals surface area (Å²) >= 11 is 0. The third-order valence-corrected chi connectivity index (χ3v) is 6.02. The molecule has 7 heteroatoms. The highest BCUT2D eigenvalue weighted by Crippen LogP contribution is 2.21. The number of rotatable bonds is 7. The van der Waals surface area contributed by atoms with Crippen LogP contribution < -0.4 is 10.9 Å². The third-order valence-electron chi connectivity index (χ3n) is 6.02. The van der Waals surface area contributed by atoms with Crippen LogP contribution in [-0.2, 0) is 17.8 Å². The smallest absolute Gasteiger partial charge is 0.278 e. The van der Waals surface area contributed by atoms with E-state index in [1.165, 1.54) is 10.2 Å². The molecule has 4 rings (SSSR count). The molecule has 0 saturated heterocycles. The molecule has 2 aromatic heterocycles. The van der Waals surface area contributed by atoms with Crippen LogP contribution in [0.5, 0.6) is 0 Å². The number of amides is 1. The first-order chi connectivity index (χ1) is 15.9. The van der Waals surface area contributed by atoms with Gasteiger partial charge in [0, 0.05) is 6.54 Å². The van der Waals surface area contributed by atoms with Gasteiger partial charge in [0.05, 0.1) is 22.5 Å². The first-order valence-corrected chi connectivity index (χ1v) is 11.3. The number of nitrogens with one attached hydrogen (secondary N) is 1. The molecule has 170 valence electrons. The second-order valence-electron chi connectivity index (χ2n) is 8.20. The molecule has 33 heavy (non-hydrogen) atoms. The monoisotopic (exact) mass is 443 g/mol. The number of carbonyl (C=O) groups excluding carboxylic acids is 1. The van der Waals surface area contributed by atoms with Crippen LogP contribution in [0, 0.1) is 13.8 Å². The third kappa shape index (κ3) is 4.31. The van der Waals surface area contributed by atoms with E-state index in [1.54, 1.807) is 4.68 Å². The van der Waals surface area contributed by atoms with Crippen molar-refractivity contribution in [1.29, 1.82) is 0 Å². The van der Waals surface area contributed by atoms with E-state index >= 15 is 0 Å². The van der Waals surface area contributed by atoms with Crippen molar-refractivity contribution in [2.45, 2.75) is 53.1 Å². The van der Waals surface area contributed by atoms with Gasteiger partial charge < -0.3 is 5.32 Å². The van der Waals surface area contributed by atoms with Gasteiger partial charge in [0.2, 0.25) is 5.91 Å². The first kappa shape index (κ1) is 22.5. The molecular formula is C26H29N5O2. The Morgan fingerprint density at radius 2 is 1.64 bits per heavy atom. The number of benzene rings is 2. The van der Waals surface area contributed by atoms with Gasteiger partial charge in [0.1, 0.15) is 11.6 Å². The van der Waals surface area contributed by atoms with Crippen LogP contribution in [0.3, 0.4) is 0 Å². The van der Waals surface area contributed by atoms with E-state index in [-0.39, 0.29) is 11.5 Å². The number of para-hydroxylation sites is 1. The molecule has 0 radical (unpaired) electrons. The Balaban J connectivity index is 1.66. The summed E-state index contributed by atoms with van der Waals surface area (Å²) in [4.78, 5) is 26.5. The molecule has 0 aliphatic rings. The fourth-order valence-corrected chi connectivity index (χ4v) is 4.08. The van der Waals surface area contributed by atoms with E-state index in [9.17, 15) is 9.59 Å². The highest BCUT2D eigenvalue weighted by molar-refractivity contribution is 5.84. The van der Waals surface area contributed by atoms with E-state index in [2.05, 4.69) is 34.6 Å². The Morgan fingerprint density at radius 1 is 0.970 bits per heavy atom. The van der Waals surface area contributed by atoms with Crippen molar-refractivity contribution in [3.63, 3.8) is 0 Å².